The summed E-state index contributed by atoms with van der Waals surface area (Å²) in [6, 6.07) is 10.3. The van der Waals surface area contributed by atoms with Gasteiger partial charge in [-0.05, 0) is 48.3 Å². The molecule has 3 amide bonds. The lowest BCUT2D eigenvalue weighted by molar-refractivity contribution is -0.131. The van der Waals surface area contributed by atoms with Crippen molar-refractivity contribution >= 4 is 17.7 Å². The molecule has 0 radical (unpaired) electrons. The number of H-pyrrole nitrogens is 1. The molecule has 0 spiro atoms. The van der Waals surface area contributed by atoms with Crippen LogP contribution >= 0.6 is 0 Å². The Morgan fingerprint density at radius 2 is 1.66 bits per heavy atom. The van der Waals surface area contributed by atoms with Crippen LogP contribution in [-0.4, -0.2) is 62.0 Å². The minimum Gasteiger partial charge on any atom is -0.391 e. The molecule has 5 N–H and O–H groups in total. The second kappa shape index (κ2) is 18.3. The minimum atomic E-state index is -0.979. The van der Waals surface area contributed by atoms with Crippen molar-refractivity contribution in [2.45, 2.75) is 109 Å². The number of benzene rings is 1. The van der Waals surface area contributed by atoms with Crippen LogP contribution in [0.5, 0.6) is 0 Å². The number of nitrogens with one attached hydrogen (secondary N) is 4. The van der Waals surface area contributed by atoms with Gasteiger partial charge in [0.15, 0.2) is 0 Å². The van der Waals surface area contributed by atoms with Gasteiger partial charge >= 0.3 is 0 Å². The van der Waals surface area contributed by atoms with Crippen molar-refractivity contribution in [1.82, 2.24) is 30.9 Å². The first kappa shape index (κ1) is 35.8. The first-order chi connectivity index (χ1) is 22.7. The van der Waals surface area contributed by atoms with Crippen LogP contribution in [-0.2, 0) is 22.4 Å². The molecule has 0 aliphatic heterocycles. The lowest BCUT2D eigenvalue weighted by atomic mass is 9.80. The van der Waals surface area contributed by atoms with Gasteiger partial charge < -0.3 is 26.0 Å². The standard InChI is InChI=1S/C37H52N6O4/c1-4-28(25(2)3)20-34(44)31(18-26-12-7-5-8-13-26)41-37(47)33(21-30-23-39-24-40-30)43-36(46)32(19-27-14-9-6-10-15-27)42-35(45)29-16-11-17-38-22-29/h6,9-11,14-17,22-26,28,31-34,44H,4-5,7-8,12-13,18-21H2,1-3H3,(H,39,40)(H,41,47)(H,42,45)(H,43,46)/t28-,31-,32-,33-,34-/m0/s1. The highest BCUT2D eigenvalue weighted by molar-refractivity contribution is 5.98. The Labute approximate surface area is 279 Å². The quantitative estimate of drug-likeness (QED) is 0.143. The van der Waals surface area contributed by atoms with Crippen LogP contribution in [0.4, 0.5) is 0 Å². The number of hydrogen-bond donors (Lipinski definition) is 5. The number of carbonyl (C=O) groups is 3. The largest absolute Gasteiger partial charge is 0.391 e. The third kappa shape index (κ3) is 11.3. The first-order valence-corrected chi connectivity index (χ1v) is 17.2. The average Bonchev–Trinajstić information content (AvgIpc) is 3.60. The molecule has 1 aromatic carbocycles. The SMILES string of the molecule is CC[C@@H](C[C@H](O)[C@H](CC1CCCCC1)NC(=O)[C@H](Cc1c[nH]cn1)NC(=O)[C@H](Cc1ccccc1)NC(=O)c1cccnc1)C(C)C. The first-order valence-electron chi connectivity index (χ1n) is 17.2. The highest BCUT2D eigenvalue weighted by Gasteiger charge is 2.33. The summed E-state index contributed by atoms with van der Waals surface area (Å²) >= 11 is 0. The van der Waals surface area contributed by atoms with E-state index in [9.17, 15) is 19.5 Å². The van der Waals surface area contributed by atoms with Crippen molar-refractivity contribution in [3.05, 3.63) is 84.2 Å². The molecule has 4 rings (SSSR count). The van der Waals surface area contributed by atoms with Gasteiger partial charge in [-0.15, -0.1) is 0 Å². The molecule has 0 bridgehead atoms. The molecule has 1 aliphatic carbocycles. The second-order valence-corrected chi connectivity index (χ2v) is 13.4. The molecule has 0 saturated heterocycles. The molecule has 5 atom stereocenters. The Balaban J connectivity index is 1.55. The van der Waals surface area contributed by atoms with Crippen molar-refractivity contribution in [1.29, 1.82) is 0 Å². The number of nitrogens with zero attached hydrogens (tertiary/aromatic N) is 2. The monoisotopic (exact) mass is 644 g/mol. The fourth-order valence-corrected chi connectivity index (χ4v) is 6.65. The molecular formula is C37H52N6O4. The number of aliphatic hydroxyl groups is 1. The Morgan fingerprint density at radius 1 is 0.936 bits per heavy atom. The molecule has 2 aromatic heterocycles. The summed E-state index contributed by atoms with van der Waals surface area (Å²) in [5.41, 5.74) is 1.80. The normalized spacial score (nSPS) is 16.9. The van der Waals surface area contributed by atoms with Crippen LogP contribution in [0.3, 0.4) is 0 Å². The van der Waals surface area contributed by atoms with E-state index in [1.54, 1.807) is 24.5 Å². The fourth-order valence-electron chi connectivity index (χ4n) is 6.65. The number of rotatable bonds is 17. The third-order valence-electron chi connectivity index (χ3n) is 9.54. The van der Waals surface area contributed by atoms with Crippen LogP contribution < -0.4 is 16.0 Å². The number of hydrogen-bond acceptors (Lipinski definition) is 6. The van der Waals surface area contributed by atoms with Crippen LogP contribution in [0.2, 0.25) is 0 Å². The topological polar surface area (TPSA) is 149 Å². The molecule has 3 aromatic rings. The zero-order chi connectivity index (χ0) is 33.6. The molecule has 2 heterocycles. The minimum absolute atomic E-state index is 0.144. The maximum absolute atomic E-state index is 14.1. The highest BCUT2D eigenvalue weighted by atomic mass is 16.3. The lowest BCUT2D eigenvalue weighted by Gasteiger charge is -2.33. The van der Waals surface area contributed by atoms with Gasteiger partial charge in [-0.3, -0.25) is 19.4 Å². The van der Waals surface area contributed by atoms with Gasteiger partial charge in [0.25, 0.3) is 5.91 Å². The number of aromatic nitrogens is 3. The summed E-state index contributed by atoms with van der Waals surface area (Å²) in [6.45, 7) is 6.48. The molecular weight excluding hydrogens is 592 g/mol. The van der Waals surface area contributed by atoms with Crippen molar-refractivity contribution < 1.29 is 19.5 Å². The summed E-state index contributed by atoms with van der Waals surface area (Å²) in [6.07, 6.45) is 13.9. The maximum atomic E-state index is 14.1. The molecule has 0 unspecified atom stereocenters. The van der Waals surface area contributed by atoms with Crippen LogP contribution in [0, 0.1) is 17.8 Å². The molecule has 10 heteroatoms. The van der Waals surface area contributed by atoms with Gasteiger partial charge in [0.1, 0.15) is 12.1 Å². The van der Waals surface area contributed by atoms with Crippen LogP contribution in [0.25, 0.3) is 0 Å². The Morgan fingerprint density at radius 3 is 2.30 bits per heavy atom. The third-order valence-corrected chi connectivity index (χ3v) is 9.54. The Bertz CT molecular complexity index is 1360. The van der Waals surface area contributed by atoms with E-state index < -0.39 is 36.0 Å². The predicted octanol–water partition coefficient (Wildman–Crippen LogP) is 4.76. The Kier molecular flexibility index (Phi) is 14.0. The molecule has 1 fully saturated rings. The van der Waals surface area contributed by atoms with Crippen molar-refractivity contribution in [2.24, 2.45) is 17.8 Å². The summed E-state index contributed by atoms with van der Waals surface area (Å²) in [7, 11) is 0. The molecule has 1 saturated carbocycles. The van der Waals surface area contributed by atoms with E-state index in [1.165, 1.54) is 18.9 Å². The van der Waals surface area contributed by atoms with E-state index in [1.807, 2.05) is 30.3 Å². The van der Waals surface area contributed by atoms with E-state index in [0.29, 0.717) is 41.9 Å². The average molecular weight is 645 g/mol. The van der Waals surface area contributed by atoms with Crippen LogP contribution in [0.1, 0.15) is 93.8 Å². The highest BCUT2D eigenvalue weighted by Crippen LogP contribution is 2.30. The fraction of sp³-hybridized carbons (Fsp3) is 0.541. The number of carbonyl (C=O) groups excluding carboxylic acids is 3. The van der Waals surface area contributed by atoms with Crippen molar-refractivity contribution in [2.75, 3.05) is 0 Å². The smallest absolute Gasteiger partial charge is 0.253 e. The number of imidazole rings is 1. The number of aromatic amines is 1. The van der Waals surface area contributed by atoms with E-state index in [4.69, 9.17) is 0 Å². The van der Waals surface area contributed by atoms with E-state index in [2.05, 4.69) is 51.7 Å². The summed E-state index contributed by atoms with van der Waals surface area (Å²) in [5.74, 6) is -0.130. The maximum Gasteiger partial charge on any atom is 0.253 e. The van der Waals surface area contributed by atoms with Gasteiger partial charge in [-0.1, -0.05) is 89.6 Å². The van der Waals surface area contributed by atoms with E-state index >= 15 is 0 Å². The van der Waals surface area contributed by atoms with Gasteiger partial charge in [0.2, 0.25) is 11.8 Å². The van der Waals surface area contributed by atoms with Crippen molar-refractivity contribution in [3.63, 3.8) is 0 Å². The summed E-state index contributed by atoms with van der Waals surface area (Å²) in [5, 5.41) is 20.5. The number of amides is 3. The molecule has 47 heavy (non-hydrogen) atoms. The number of pyridine rings is 1. The number of aliphatic hydroxyl groups excluding tert-OH is 1. The van der Waals surface area contributed by atoms with Crippen molar-refractivity contribution in [3.8, 4) is 0 Å². The zero-order valence-corrected chi connectivity index (χ0v) is 28.0. The predicted molar refractivity (Wildman–Crippen MR) is 182 cm³/mol. The van der Waals surface area contributed by atoms with Gasteiger partial charge in [-0.25, -0.2) is 4.98 Å². The second-order valence-electron chi connectivity index (χ2n) is 13.4. The van der Waals surface area contributed by atoms with Gasteiger partial charge in [0.05, 0.1) is 29.7 Å². The molecule has 1 aliphatic rings. The molecule has 10 nitrogen and oxygen atoms in total. The summed E-state index contributed by atoms with van der Waals surface area (Å²) < 4.78 is 0. The van der Waals surface area contributed by atoms with Gasteiger partial charge in [-0.2, -0.15) is 0 Å². The van der Waals surface area contributed by atoms with E-state index in [-0.39, 0.29) is 18.7 Å². The Hall–Kier alpha value is -4.05. The van der Waals surface area contributed by atoms with E-state index in [0.717, 1.165) is 37.7 Å². The lowest BCUT2D eigenvalue weighted by Crippen LogP contribution is -2.57. The summed E-state index contributed by atoms with van der Waals surface area (Å²) in [4.78, 5) is 52.5. The van der Waals surface area contributed by atoms with Crippen LogP contribution in [0.15, 0.2) is 67.4 Å². The zero-order valence-electron chi connectivity index (χ0n) is 28.0. The van der Waals surface area contributed by atoms with Gasteiger partial charge in [0, 0.05) is 31.4 Å². The molecule has 254 valence electrons.